The molecule has 0 unspecified atom stereocenters. The van der Waals surface area contributed by atoms with E-state index in [0.29, 0.717) is 12.6 Å². The maximum absolute atomic E-state index is 11.5. The molecular weight excluding hydrogens is 238 g/mol. The first-order valence-electron chi connectivity index (χ1n) is 5.58. The van der Waals surface area contributed by atoms with E-state index in [0.717, 1.165) is 6.42 Å². The highest BCUT2D eigenvalue weighted by Gasteiger charge is 2.36. The summed E-state index contributed by atoms with van der Waals surface area (Å²) in [5.74, 6) is 0.00650. The van der Waals surface area contributed by atoms with E-state index in [1.807, 2.05) is 6.92 Å². The van der Waals surface area contributed by atoms with Gasteiger partial charge in [-0.15, -0.1) is 0 Å². The lowest BCUT2D eigenvalue weighted by molar-refractivity contribution is -0.124. The number of amides is 1. The van der Waals surface area contributed by atoms with Crippen molar-refractivity contribution < 1.29 is 18.1 Å². The summed E-state index contributed by atoms with van der Waals surface area (Å²) in [5.41, 5.74) is 0. The van der Waals surface area contributed by atoms with Crippen LogP contribution in [0, 0.1) is 0 Å². The second-order valence-corrected chi connectivity index (χ2v) is 6.75. The predicted molar refractivity (Wildman–Crippen MR) is 68.7 cm³/mol. The largest absolute Gasteiger partial charge is 0.500 e. The first kappa shape index (κ1) is 16.3. The SMILES string of the molecule is CC=CC(=O)N(C)CCC[Si](OC)(OC)OC. The van der Waals surface area contributed by atoms with Crippen LogP contribution in [0.4, 0.5) is 0 Å². The van der Waals surface area contributed by atoms with Crippen LogP contribution in [-0.2, 0) is 18.1 Å². The van der Waals surface area contributed by atoms with E-state index in [2.05, 4.69) is 0 Å². The monoisotopic (exact) mass is 261 g/mol. The van der Waals surface area contributed by atoms with Crippen LogP contribution in [-0.4, -0.2) is 54.5 Å². The molecule has 0 atom stereocenters. The van der Waals surface area contributed by atoms with Crippen LogP contribution in [0.15, 0.2) is 12.2 Å². The minimum atomic E-state index is -2.49. The van der Waals surface area contributed by atoms with Crippen molar-refractivity contribution in [3.05, 3.63) is 12.2 Å². The smallest absolute Gasteiger partial charge is 0.377 e. The van der Waals surface area contributed by atoms with Crippen LogP contribution in [0.1, 0.15) is 13.3 Å². The Morgan fingerprint density at radius 2 is 1.76 bits per heavy atom. The molecule has 0 spiro atoms. The van der Waals surface area contributed by atoms with E-state index in [-0.39, 0.29) is 5.91 Å². The molecule has 0 bridgehead atoms. The quantitative estimate of drug-likeness (QED) is 0.488. The lowest BCUT2D eigenvalue weighted by Crippen LogP contribution is -2.43. The van der Waals surface area contributed by atoms with E-state index < -0.39 is 8.80 Å². The molecule has 0 aromatic heterocycles. The Labute approximate surface area is 105 Å². The maximum Gasteiger partial charge on any atom is 0.500 e. The summed E-state index contributed by atoms with van der Waals surface area (Å²) in [6, 6.07) is 0.698. The molecule has 1 amide bonds. The fraction of sp³-hybridized carbons (Fsp3) is 0.727. The topological polar surface area (TPSA) is 48.0 Å². The molecule has 0 rings (SSSR count). The molecule has 5 nitrogen and oxygen atoms in total. The van der Waals surface area contributed by atoms with Gasteiger partial charge in [-0.3, -0.25) is 4.79 Å². The Morgan fingerprint density at radius 3 is 2.18 bits per heavy atom. The summed E-state index contributed by atoms with van der Waals surface area (Å²) in [5, 5.41) is 0. The standard InChI is InChI=1S/C11H23NO4Si/c1-6-8-11(13)12(2)9-7-10-17(14-3,15-4)16-5/h6,8H,7,9-10H2,1-5H3. The molecule has 0 aromatic rings. The number of rotatable bonds is 8. The molecule has 0 radical (unpaired) electrons. The number of carbonyl (C=O) groups excluding carboxylic acids is 1. The molecule has 0 aliphatic carbocycles. The zero-order valence-electron chi connectivity index (χ0n) is 11.4. The van der Waals surface area contributed by atoms with E-state index in [4.69, 9.17) is 13.3 Å². The average Bonchev–Trinajstić information content (AvgIpc) is 2.35. The summed E-state index contributed by atoms with van der Waals surface area (Å²) in [4.78, 5) is 13.1. The third-order valence-electron chi connectivity index (χ3n) is 2.59. The summed E-state index contributed by atoms with van der Waals surface area (Å²) in [6.45, 7) is 2.48. The van der Waals surface area contributed by atoms with E-state index in [1.165, 1.54) is 0 Å². The van der Waals surface area contributed by atoms with Crippen molar-refractivity contribution in [3.63, 3.8) is 0 Å². The molecule has 0 N–H and O–H groups in total. The first-order valence-corrected chi connectivity index (χ1v) is 7.51. The zero-order valence-corrected chi connectivity index (χ0v) is 12.4. The van der Waals surface area contributed by atoms with Crippen molar-refractivity contribution in [2.75, 3.05) is 34.9 Å². The molecule has 17 heavy (non-hydrogen) atoms. The fourth-order valence-electron chi connectivity index (χ4n) is 1.47. The Bertz CT molecular complexity index is 246. The summed E-state index contributed by atoms with van der Waals surface area (Å²) in [6.07, 6.45) is 4.08. The Hall–Kier alpha value is -0.693. The average molecular weight is 261 g/mol. The second-order valence-electron chi connectivity index (χ2n) is 3.66. The maximum atomic E-state index is 11.5. The van der Waals surface area contributed by atoms with E-state index in [9.17, 15) is 4.79 Å². The van der Waals surface area contributed by atoms with Gasteiger partial charge in [0, 0.05) is 41.0 Å². The number of likely N-dealkylation sites (N-methyl/N-ethyl adjacent to an activating group) is 1. The third kappa shape index (κ3) is 5.45. The zero-order chi connectivity index (χ0) is 13.3. The lowest BCUT2D eigenvalue weighted by atomic mass is 10.4. The summed E-state index contributed by atoms with van der Waals surface area (Å²) in [7, 11) is 4.06. The molecule has 100 valence electrons. The van der Waals surface area contributed by atoms with Gasteiger partial charge in [0.15, 0.2) is 0 Å². The van der Waals surface area contributed by atoms with Crippen LogP contribution in [0.25, 0.3) is 0 Å². The molecular formula is C11H23NO4Si. The van der Waals surface area contributed by atoms with Gasteiger partial charge in [-0.05, 0) is 19.4 Å². The fourth-order valence-corrected chi connectivity index (χ4v) is 3.17. The Kier molecular flexibility index (Phi) is 8.06. The number of hydrogen-bond donors (Lipinski definition) is 0. The highest BCUT2D eigenvalue weighted by atomic mass is 28.4. The second kappa shape index (κ2) is 8.41. The highest BCUT2D eigenvalue weighted by molar-refractivity contribution is 6.60. The van der Waals surface area contributed by atoms with Crippen molar-refractivity contribution in [1.29, 1.82) is 0 Å². The van der Waals surface area contributed by atoms with Crippen LogP contribution in [0.2, 0.25) is 6.04 Å². The number of hydrogen-bond acceptors (Lipinski definition) is 4. The van der Waals surface area contributed by atoms with Crippen LogP contribution in [0.5, 0.6) is 0 Å². The summed E-state index contributed by atoms with van der Waals surface area (Å²) >= 11 is 0. The van der Waals surface area contributed by atoms with Crippen LogP contribution >= 0.6 is 0 Å². The van der Waals surface area contributed by atoms with Crippen molar-refractivity contribution in [2.24, 2.45) is 0 Å². The minimum Gasteiger partial charge on any atom is -0.377 e. The number of nitrogens with zero attached hydrogens (tertiary/aromatic N) is 1. The van der Waals surface area contributed by atoms with Crippen LogP contribution in [0.3, 0.4) is 0 Å². The highest BCUT2D eigenvalue weighted by Crippen LogP contribution is 2.15. The van der Waals surface area contributed by atoms with E-state index in [1.54, 1.807) is 45.4 Å². The van der Waals surface area contributed by atoms with Gasteiger partial charge in [-0.25, -0.2) is 0 Å². The van der Waals surface area contributed by atoms with Crippen LogP contribution < -0.4 is 0 Å². The first-order chi connectivity index (χ1) is 8.05. The molecule has 0 aromatic carbocycles. The predicted octanol–water partition coefficient (Wildman–Crippen LogP) is 1.29. The normalized spacial score (nSPS) is 12.1. The molecule has 0 aliphatic heterocycles. The van der Waals surface area contributed by atoms with Crippen molar-refractivity contribution in [1.82, 2.24) is 4.90 Å². The number of allylic oxidation sites excluding steroid dienone is 1. The Balaban J connectivity index is 4.08. The third-order valence-corrected chi connectivity index (χ3v) is 5.43. The van der Waals surface area contributed by atoms with Gasteiger partial charge < -0.3 is 18.2 Å². The van der Waals surface area contributed by atoms with Gasteiger partial charge in [0.25, 0.3) is 0 Å². The van der Waals surface area contributed by atoms with Gasteiger partial charge in [0.2, 0.25) is 5.91 Å². The molecule has 0 saturated carbocycles. The minimum absolute atomic E-state index is 0.00650. The van der Waals surface area contributed by atoms with Gasteiger partial charge in [0.05, 0.1) is 0 Å². The molecule has 0 saturated heterocycles. The number of carbonyl (C=O) groups is 1. The van der Waals surface area contributed by atoms with Gasteiger partial charge in [0.1, 0.15) is 0 Å². The molecule has 6 heteroatoms. The van der Waals surface area contributed by atoms with Gasteiger partial charge in [-0.2, -0.15) is 0 Å². The molecule has 0 fully saturated rings. The van der Waals surface area contributed by atoms with Gasteiger partial charge >= 0.3 is 8.80 Å². The van der Waals surface area contributed by atoms with Crippen molar-refractivity contribution in [3.8, 4) is 0 Å². The van der Waals surface area contributed by atoms with Gasteiger partial charge in [-0.1, -0.05) is 6.08 Å². The molecule has 0 aliphatic rings. The van der Waals surface area contributed by atoms with Crippen molar-refractivity contribution in [2.45, 2.75) is 19.4 Å². The lowest BCUT2D eigenvalue weighted by Gasteiger charge is -2.25. The molecule has 0 heterocycles. The summed E-state index contributed by atoms with van der Waals surface area (Å²) < 4.78 is 15.9. The van der Waals surface area contributed by atoms with E-state index >= 15 is 0 Å². The van der Waals surface area contributed by atoms with Crippen molar-refractivity contribution >= 4 is 14.7 Å². The Morgan fingerprint density at radius 1 is 1.24 bits per heavy atom.